The summed E-state index contributed by atoms with van der Waals surface area (Å²) in [5, 5.41) is 0. The summed E-state index contributed by atoms with van der Waals surface area (Å²) in [6.07, 6.45) is 0. The first-order valence-corrected chi connectivity index (χ1v) is 5.02. The van der Waals surface area contributed by atoms with Crippen molar-refractivity contribution in [3.8, 4) is 0 Å². The number of hydrogen-bond donors (Lipinski definition) is 1. The molecule has 1 N–H and O–H groups in total. The predicted molar refractivity (Wildman–Crippen MR) is 15.1 cm³/mol. The van der Waals surface area contributed by atoms with E-state index in [2.05, 4.69) is 0 Å². The molecule has 8 heavy (non-hydrogen) atoms. The Morgan fingerprint density at radius 1 is 1.38 bits per heavy atom. The zero-order chi connectivity index (χ0) is 4.50. The second-order valence-corrected chi connectivity index (χ2v) is 3.14. The first kappa shape index (κ1) is 22.4. The van der Waals surface area contributed by atoms with Gasteiger partial charge in [-0.1, -0.05) is 0 Å². The zero-order valence-electron chi connectivity index (χ0n) is 3.97. The third-order valence-electron chi connectivity index (χ3n) is 0. The van der Waals surface area contributed by atoms with Gasteiger partial charge in [0.2, 0.25) is 0 Å². The number of rotatable bonds is 0. The molecule has 0 heterocycles. The van der Waals surface area contributed by atoms with Gasteiger partial charge in [-0.25, -0.2) is 0 Å². The second-order valence-electron chi connectivity index (χ2n) is 0.469. The minimum atomic E-state index is -5.85. The Morgan fingerprint density at radius 2 is 1.38 bits per heavy atom. The fourth-order valence-electron chi connectivity index (χ4n) is 0. The molecule has 0 saturated heterocycles. The SMILES string of the molecule is [Na+].[O-2].[O]=[Sb]([O-])([O-])[OH].[Sb+3]. The van der Waals surface area contributed by atoms with Crippen molar-refractivity contribution in [1.29, 1.82) is 0 Å². The summed E-state index contributed by atoms with van der Waals surface area (Å²) < 4.78 is 33.3. The standard InChI is InChI=1S/Na.H2O.4O.2Sb/h;1H2;;;;;;/q+1;;;-2;2*-1;+1;+3/p-1. The Kier molecular flexibility index (Phi) is 26.0. The molecule has 8 heteroatoms. The van der Waals surface area contributed by atoms with E-state index in [0.29, 0.717) is 0 Å². The minimum Gasteiger partial charge on any atom is 3.00 e. The van der Waals surface area contributed by atoms with Gasteiger partial charge in [-0.3, -0.25) is 0 Å². The van der Waals surface area contributed by atoms with Gasteiger partial charge < -0.3 is 5.48 Å². The van der Waals surface area contributed by atoms with E-state index >= 15 is 0 Å². The van der Waals surface area contributed by atoms with E-state index in [1.165, 1.54) is 0 Å². The first-order valence-electron chi connectivity index (χ1n) is 0.748. The van der Waals surface area contributed by atoms with Crippen LogP contribution < -0.4 is 36.3 Å². The molecule has 0 bridgehead atoms. The van der Waals surface area contributed by atoms with E-state index in [1.54, 1.807) is 0 Å². The van der Waals surface area contributed by atoms with Crippen LogP contribution in [0.4, 0.5) is 0 Å². The predicted octanol–water partition coefficient (Wildman–Crippen LogP) is -6.93. The van der Waals surface area contributed by atoms with Crippen LogP contribution in [0.15, 0.2) is 0 Å². The Balaban J connectivity index is -0.0000000267. The summed E-state index contributed by atoms with van der Waals surface area (Å²) in [6, 6.07) is 0. The largest absolute Gasteiger partial charge is 3.00 e. The van der Waals surface area contributed by atoms with Crippen molar-refractivity contribution in [2.24, 2.45) is 0 Å². The van der Waals surface area contributed by atoms with E-state index in [4.69, 9.17) is 13.2 Å². The van der Waals surface area contributed by atoms with Gasteiger partial charge in [0.05, 0.1) is 0 Å². The third-order valence-corrected chi connectivity index (χ3v) is 0. The molecular weight excluding hydrogens is 347 g/mol. The van der Waals surface area contributed by atoms with Crippen LogP contribution in [0, 0.1) is 0 Å². The zero-order valence-corrected chi connectivity index (χ0v) is 11.1. The molecular formula is HNaO5Sb2. The molecule has 0 aliphatic heterocycles. The van der Waals surface area contributed by atoms with E-state index in [-0.39, 0.29) is 59.5 Å². The second kappa shape index (κ2) is 9.28. The van der Waals surface area contributed by atoms with Gasteiger partial charge in [-0.05, 0) is 0 Å². The van der Waals surface area contributed by atoms with Gasteiger partial charge in [0, 0.05) is 0 Å². The summed E-state index contributed by atoms with van der Waals surface area (Å²) in [7, 11) is 0. The monoisotopic (exact) mass is 346 g/mol. The van der Waals surface area contributed by atoms with Crippen LogP contribution >= 0.6 is 0 Å². The normalized spacial score (nSPS) is 7.38. The van der Waals surface area contributed by atoms with Crippen LogP contribution in [-0.4, -0.2) is 47.9 Å². The van der Waals surface area contributed by atoms with Crippen molar-refractivity contribution < 1.29 is 48.2 Å². The molecule has 0 unspecified atom stereocenters. The van der Waals surface area contributed by atoms with Gasteiger partial charge in [0.1, 0.15) is 0 Å². The van der Waals surface area contributed by atoms with Crippen molar-refractivity contribution in [3.05, 3.63) is 0 Å². The molecule has 0 aromatic rings. The van der Waals surface area contributed by atoms with Crippen molar-refractivity contribution >= 4 is 44.5 Å². The fourth-order valence-corrected chi connectivity index (χ4v) is 0. The van der Waals surface area contributed by atoms with Crippen molar-refractivity contribution in [1.82, 2.24) is 0 Å². The maximum atomic E-state index is 8.75. The van der Waals surface area contributed by atoms with Crippen molar-refractivity contribution in [2.75, 3.05) is 0 Å². The first-order chi connectivity index (χ1) is 2.00. The summed E-state index contributed by atoms with van der Waals surface area (Å²) in [4.78, 5) is 0. The summed E-state index contributed by atoms with van der Waals surface area (Å²) in [5.41, 5.74) is 0. The van der Waals surface area contributed by atoms with Crippen LogP contribution in [0.1, 0.15) is 0 Å². The van der Waals surface area contributed by atoms with Crippen LogP contribution in [-0.2, 0) is 8.49 Å². The Morgan fingerprint density at radius 3 is 1.38 bits per heavy atom. The molecule has 0 aliphatic rings. The van der Waals surface area contributed by atoms with Gasteiger partial charge >= 0.3 is 87.2 Å². The van der Waals surface area contributed by atoms with Crippen molar-refractivity contribution in [2.45, 2.75) is 0 Å². The van der Waals surface area contributed by atoms with Crippen LogP contribution in [0.2, 0.25) is 0 Å². The molecule has 0 fully saturated rings. The van der Waals surface area contributed by atoms with Crippen LogP contribution in [0.3, 0.4) is 0 Å². The van der Waals surface area contributed by atoms with E-state index in [9.17, 15) is 0 Å². The van der Waals surface area contributed by atoms with E-state index in [0.717, 1.165) is 0 Å². The van der Waals surface area contributed by atoms with Crippen molar-refractivity contribution in [3.63, 3.8) is 0 Å². The molecule has 0 amide bonds. The molecule has 2 radical (unpaired) electrons. The Labute approximate surface area is 91.2 Å². The maximum Gasteiger partial charge on any atom is 3.00 e. The summed E-state index contributed by atoms with van der Waals surface area (Å²) >= 11 is -5.85. The van der Waals surface area contributed by atoms with Gasteiger partial charge in [-0.15, -0.1) is 0 Å². The molecule has 0 aliphatic carbocycles. The van der Waals surface area contributed by atoms with Crippen LogP contribution in [0.25, 0.3) is 0 Å². The number of hydrogen-bond acceptors (Lipinski definition) is 3. The van der Waals surface area contributed by atoms with Gasteiger partial charge in [0.15, 0.2) is 0 Å². The Hall–Kier alpha value is 2.28. The van der Waals surface area contributed by atoms with E-state index in [1.807, 2.05) is 0 Å². The van der Waals surface area contributed by atoms with Crippen LogP contribution in [0.5, 0.6) is 0 Å². The van der Waals surface area contributed by atoms with Gasteiger partial charge in [-0.2, -0.15) is 0 Å². The fraction of sp³-hybridized carbons (Fsp3) is 0. The quantitative estimate of drug-likeness (QED) is 0.439. The molecule has 42 valence electrons. The minimum absolute atomic E-state index is 0. The smallest absolute Gasteiger partial charge is 3.00 e. The summed E-state index contributed by atoms with van der Waals surface area (Å²) in [5.74, 6) is 0. The van der Waals surface area contributed by atoms with Gasteiger partial charge in [0.25, 0.3) is 0 Å². The third kappa shape index (κ3) is 84.6. The molecule has 0 atom stereocenters. The Bertz CT molecular complexity index is 56.6. The molecule has 0 spiro atoms. The van der Waals surface area contributed by atoms with E-state index < -0.39 is 20.1 Å². The molecule has 5 nitrogen and oxygen atoms in total. The molecule has 0 aromatic heterocycles. The topological polar surface area (TPSA) is 112 Å². The molecule has 0 aromatic carbocycles. The average molecular weight is 348 g/mol. The average Bonchev–Trinajstić information content (AvgIpc) is 0.722. The molecule has 0 rings (SSSR count). The maximum absolute atomic E-state index is 8.75. The molecule has 0 saturated carbocycles. The summed E-state index contributed by atoms with van der Waals surface area (Å²) in [6.45, 7) is 0.